The van der Waals surface area contributed by atoms with Gasteiger partial charge in [-0.05, 0) is 26.0 Å². The number of nitro benzene ring substituents is 1. The van der Waals surface area contributed by atoms with Crippen LogP contribution in [0.25, 0.3) is 0 Å². The van der Waals surface area contributed by atoms with E-state index in [1.54, 1.807) is 12.1 Å². The van der Waals surface area contributed by atoms with Gasteiger partial charge >= 0.3 is 0 Å². The van der Waals surface area contributed by atoms with Gasteiger partial charge in [0.05, 0.1) is 22.6 Å². The van der Waals surface area contributed by atoms with E-state index < -0.39 is 4.92 Å². The molecule has 0 spiro atoms. The molecule has 0 saturated carbocycles. The molecule has 0 aliphatic heterocycles. The minimum absolute atomic E-state index is 0.107. The van der Waals surface area contributed by atoms with E-state index in [0.29, 0.717) is 5.69 Å². The molecule has 1 aromatic heterocycles. The van der Waals surface area contributed by atoms with Crippen LogP contribution in [0.1, 0.15) is 29.2 Å². The normalized spacial score (nSPS) is 11.7. The molecule has 0 bridgehead atoms. The van der Waals surface area contributed by atoms with Gasteiger partial charge in [-0.1, -0.05) is 0 Å². The fourth-order valence-electron chi connectivity index (χ4n) is 1.74. The molecular weight excluding hydrogens is 276 g/mol. The number of benzene rings is 1. The number of aryl methyl sites for hydroxylation is 1. The third kappa shape index (κ3) is 2.92. The maximum Gasteiger partial charge on any atom is 0.293 e. The van der Waals surface area contributed by atoms with Gasteiger partial charge in [0.15, 0.2) is 0 Å². The SMILES string of the molecule is Cc1csc(C(C)Nc2ccc(C#N)cc2[N+](=O)[O-])n1. The summed E-state index contributed by atoms with van der Waals surface area (Å²) in [5, 5.41) is 25.7. The molecule has 102 valence electrons. The molecule has 2 aromatic rings. The minimum Gasteiger partial charge on any atom is -0.371 e. The zero-order valence-electron chi connectivity index (χ0n) is 11.0. The number of hydrogen-bond donors (Lipinski definition) is 1. The van der Waals surface area contributed by atoms with Crippen LogP contribution < -0.4 is 5.32 Å². The van der Waals surface area contributed by atoms with Crippen LogP contribution >= 0.6 is 11.3 Å². The van der Waals surface area contributed by atoms with Crippen molar-refractivity contribution in [2.75, 3.05) is 5.32 Å². The lowest BCUT2D eigenvalue weighted by Gasteiger charge is -2.12. The van der Waals surface area contributed by atoms with E-state index in [-0.39, 0.29) is 17.3 Å². The van der Waals surface area contributed by atoms with E-state index in [9.17, 15) is 10.1 Å². The fraction of sp³-hybridized carbons (Fsp3) is 0.231. The first-order chi connectivity index (χ1) is 9.51. The van der Waals surface area contributed by atoms with Gasteiger partial charge in [0.2, 0.25) is 0 Å². The molecule has 0 saturated heterocycles. The Labute approximate surface area is 119 Å². The van der Waals surface area contributed by atoms with Crippen LogP contribution in [0, 0.1) is 28.4 Å². The zero-order valence-corrected chi connectivity index (χ0v) is 11.8. The second-order valence-corrected chi connectivity index (χ2v) is 5.18. The number of anilines is 1. The Balaban J connectivity index is 2.29. The summed E-state index contributed by atoms with van der Waals surface area (Å²) in [6, 6.07) is 6.12. The Morgan fingerprint density at radius 3 is 2.85 bits per heavy atom. The van der Waals surface area contributed by atoms with Crippen molar-refractivity contribution in [3.63, 3.8) is 0 Å². The lowest BCUT2D eigenvalue weighted by Crippen LogP contribution is -2.08. The summed E-state index contributed by atoms with van der Waals surface area (Å²) in [4.78, 5) is 14.9. The van der Waals surface area contributed by atoms with Crippen LogP contribution in [-0.2, 0) is 0 Å². The first kappa shape index (κ1) is 14.0. The number of nitro groups is 1. The minimum atomic E-state index is -0.497. The third-order valence-electron chi connectivity index (χ3n) is 2.70. The molecular formula is C13H12N4O2S. The summed E-state index contributed by atoms with van der Waals surface area (Å²) < 4.78 is 0. The lowest BCUT2D eigenvalue weighted by molar-refractivity contribution is -0.384. The molecule has 6 nitrogen and oxygen atoms in total. The molecule has 1 heterocycles. The van der Waals surface area contributed by atoms with E-state index in [1.165, 1.54) is 17.4 Å². The summed E-state index contributed by atoms with van der Waals surface area (Å²) in [7, 11) is 0. The van der Waals surface area contributed by atoms with Gasteiger partial charge in [-0.15, -0.1) is 11.3 Å². The molecule has 20 heavy (non-hydrogen) atoms. The van der Waals surface area contributed by atoms with Crippen molar-refractivity contribution in [2.45, 2.75) is 19.9 Å². The van der Waals surface area contributed by atoms with Crippen molar-refractivity contribution in [1.29, 1.82) is 5.26 Å². The molecule has 1 unspecified atom stereocenters. The smallest absolute Gasteiger partial charge is 0.293 e. The number of hydrogen-bond acceptors (Lipinski definition) is 6. The van der Waals surface area contributed by atoms with E-state index in [4.69, 9.17) is 5.26 Å². The van der Waals surface area contributed by atoms with Gasteiger partial charge in [0.25, 0.3) is 5.69 Å². The molecule has 7 heteroatoms. The molecule has 0 fully saturated rings. The Morgan fingerprint density at radius 1 is 1.55 bits per heavy atom. The molecule has 1 aromatic carbocycles. The van der Waals surface area contributed by atoms with Gasteiger partial charge in [-0.3, -0.25) is 10.1 Å². The Bertz CT molecular complexity index is 690. The monoisotopic (exact) mass is 288 g/mol. The Hall–Kier alpha value is -2.46. The number of aromatic nitrogens is 1. The second kappa shape index (κ2) is 5.67. The largest absolute Gasteiger partial charge is 0.371 e. The lowest BCUT2D eigenvalue weighted by atomic mass is 10.1. The number of rotatable bonds is 4. The highest BCUT2D eigenvalue weighted by atomic mass is 32.1. The zero-order chi connectivity index (χ0) is 14.7. The van der Waals surface area contributed by atoms with Crippen molar-refractivity contribution < 1.29 is 4.92 Å². The highest BCUT2D eigenvalue weighted by Gasteiger charge is 2.18. The van der Waals surface area contributed by atoms with E-state index in [2.05, 4.69) is 10.3 Å². The highest BCUT2D eigenvalue weighted by Crippen LogP contribution is 2.29. The van der Waals surface area contributed by atoms with E-state index >= 15 is 0 Å². The van der Waals surface area contributed by atoms with Gasteiger partial charge in [0.1, 0.15) is 10.7 Å². The molecule has 1 atom stereocenters. The van der Waals surface area contributed by atoms with Crippen LogP contribution in [-0.4, -0.2) is 9.91 Å². The van der Waals surface area contributed by atoms with Crippen molar-refractivity contribution in [3.8, 4) is 6.07 Å². The van der Waals surface area contributed by atoms with E-state index in [1.807, 2.05) is 25.3 Å². The van der Waals surface area contributed by atoms with Gasteiger partial charge in [-0.2, -0.15) is 5.26 Å². The van der Waals surface area contributed by atoms with Crippen LogP contribution in [0.15, 0.2) is 23.6 Å². The van der Waals surface area contributed by atoms with Crippen molar-refractivity contribution >= 4 is 22.7 Å². The van der Waals surface area contributed by atoms with E-state index in [0.717, 1.165) is 10.7 Å². The average molecular weight is 288 g/mol. The molecule has 0 radical (unpaired) electrons. The molecule has 0 aliphatic rings. The summed E-state index contributed by atoms with van der Waals surface area (Å²) in [6.07, 6.45) is 0. The third-order valence-corrected chi connectivity index (χ3v) is 3.85. The number of nitrogens with zero attached hydrogens (tertiary/aromatic N) is 3. The van der Waals surface area contributed by atoms with Crippen molar-refractivity contribution in [2.24, 2.45) is 0 Å². The van der Waals surface area contributed by atoms with Crippen LogP contribution in [0.4, 0.5) is 11.4 Å². The molecule has 0 aliphatic carbocycles. The van der Waals surface area contributed by atoms with Gasteiger partial charge in [-0.25, -0.2) is 4.98 Å². The maximum absolute atomic E-state index is 11.1. The Kier molecular flexibility index (Phi) is 3.96. The van der Waals surface area contributed by atoms with Gasteiger partial charge < -0.3 is 5.32 Å². The summed E-state index contributed by atoms with van der Waals surface area (Å²) in [5.74, 6) is 0. The van der Waals surface area contributed by atoms with Crippen LogP contribution in [0.5, 0.6) is 0 Å². The highest BCUT2D eigenvalue weighted by molar-refractivity contribution is 7.09. The second-order valence-electron chi connectivity index (χ2n) is 4.29. The maximum atomic E-state index is 11.1. The fourth-order valence-corrected chi connectivity index (χ4v) is 2.54. The predicted octanol–water partition coefficient (Wildman–Crippen LogP) is 3.40. The standard InChI is InChI=1S/C13H12N4O2S/c1-8-7-20-13(15-8)9(2)16-11-4-3-10(6-14)5-12(11)17(18)19/h3-5,7,9,16H,1-2H3. The summed E-state index contributed by atoms with van der Waals surface area (Å²) in [5.41, 5.74) is 1.46. The van der Waals surface area contributed by atoms with Crippen molar-refractivity contribution in [1.82, 2.24) is 4.98 Å². The molecule has 1 N–H and O–H groups in total. The summed E-state index contributed by atoms with van der Waals surface area (Å²) >= 11 is 1.50. The van der Waals surface area contributed by atoms with Crippen molar-refractivity contribution in [3.05, 3.63) is 50.0 Å². The number of nitriles is 1. The first-order valence-corrected chi connectivity index (χ1v) is 6.76. The summed E-state index contributed by atoms with van der Waals surface area (Å²) in [6.45, 7) is 3.79. The number of thiazole rings is 1. The van der Waals surface area contributed by atoms with Gasteiger partial charge in [0, 0.05) is 17.1 Å². The first-order valence-electron chi connectivity index (χ1n) is 5.88. The quantitative estimate of drug-likeness (QED) is 0.687. The van der Waals surface area contributed by atoms with Crippen LogP contribution in [0.3, 0.4) is 0 Å². The topological polar surface area (TPSA) is 91.8 Å². The average Bonchev–Trinajstić information content (AvgIpc) is 2.85. The van der Waals surface area contributed by atoms with Crippen LogP contribution in [0.2, 0.25) is 0 Å². The molecule has 2 rings (SSSR count). The number of nitrogens with one attached hydrogen (secondary N) is 1. The molecule has 0 amide bonds. The predicted molar refractivity (Wildman–Crippen MR) is 76.7 cm³/mol. The Morgan fingerprint density at radius 2 is 2.30 bits per heavy atom.